The van der Waals surface area contributed by atoms with Gasteiger partial charge in [0.15, 0.2) is 0 Å². The molecule has 1 rings (SSSR count). The van der Waals surface area contributed by atoms with Gasteiger partial charge in [0, 0.05) is 28.3 Å². The second-order valence-corrected chi connectivity index (χ2v) is 2.81. The van der Waals surface area contributed by atoms with Crippen molar-refractivity contribution in [3.63, 3.8) is 0 Å². The van der Waals surface area contributed by atoms with Crippen LogP contribution in [-0.4, -0.2) is 4.92 Å². The minimum Gasteiger partial charge on any atom is -0.322 e. The zero-order chi connectivity index (χ0) is 9.14. The number of rotatable bonds is 2. The topological polar surface area (TPSA) is 55.2 Å². The highest BCUT2D eigenvalue weighted by atomic mass is 79.9. The Labute approximate surface area is 78.1 Å². The molecule has 0 unspecified atom stereocenters. The van der Waals surface area contributed by atoms with Gasteiger partial charge in [0.05, 0.1) is 10.6 Å². The summed E-state index contributed by atoms with van der Waals surface area (Å²) < 4.78 is 2.67. The fraction of sp³-hybridized carbons (Fsp3) is 0.143. The number of anilines is 1. The third-order valence-electron chi connectivity index (χ3n) is 1.38. The van der Waals surface area contributed by atoms with Crippen molar-refractivity contribution in [1.29, 1.82) is 0 Å². The lowest BCUT2D eigenvalue weighted by molar-refractivity contribution is -0.384. The van der Waals surface area contributed by atoms with Gasteiger partial charge in [0.2, 0.25) is 0 Å². The first-order valence-corrected chi connectivity index (χ1v) is 4.05. The van der Waals surface area contributed by atoms with E-state index >= 15 is 0 Å². The number of nitrogens with zero attached hydrogens (tertiary/aromatic N) is 1. The van der Waals surface area contributed by atoms with E-state index in [0.717, 1.165) is 5.56 Å². The molecule has 0 aromatic heterocycles. The van der Waals surface area contributed by atoms with Crippen LogP contribution >= 0.6 is 16.1 Å². The lowest BCUT2D eigenvalue weighted by Gasteiger charge is -1.99. The Bertz CT molecular complexity index is 314. The van der Waals surface area contributed by atoms with E-state index in [1.54, 1.807) is 6.92 Å². The van der Waals surface area contributed by atoms with E-state index in [1.165, 1.54) is 12.1 Å². The van der Waals surface area contributed by atoms with Crippen molar-refractivity contribution in [2.75, 3.05) is 4.34 Å². The fourth-order valence-electron chi connectivity index (χ4n) is 0.923. The van der Waals surface area contributed by atoms with Gasteiger partial charge in [-0.2, -0.15) is 0 Å². The molecule has 1 aromatic rings. The predicted molar refractivity (Wildman–Crippen MR) is 50.4 cm³/mol. The number of halogens is 1. The van der Waals surface area contributed by atoms with Gasteiger partial charge in [0.25, 0.3) is 5.69 Å². The van der Waals surface area contributed by atoms with E-state index in [9.17, 15) is 10.1 Å². The van der Waals surface area contributed by atoms with Gasteiger partial charge in [0.1, 0.15) is 0 Å². The van der Waals surface area contributed by atoms with E-state index in [4.69, 9.17) is 0 Å². The standard InChI is InChI=1S/C7H7BrN2O2/c1-5-2-6(9-8)4-7(3-5)10(11)12/h2-4,9H,1H3. The molecule has 5 heteroatoms. The minimum atomic E-state index is -0.416. The Hall–Kier alpha value is -1.10. The van der Waals surface area contributed by atoms with Crippen LogP contribution in [0.5, 0.6) is 0 Å². The summed E-state index contributed by atoms with van der Waals surface area (Å²) >= 11 is 3.00. The van der Waals surface area contributed by atoms with Crippen molar-refractivity contribution in [3.05, 3.63) is 33.9 Å². The molecule has 0 radical (unpaired) electrons. The third kappa shape index (κ3) is 1.94. The number of hydrogen-bond acceptors (Lipinski definition) is 3. The quantitative estimate of drug-likeness (QED) is 0.483. The summed E-state index contributed by atoms with van der Waals surface area (Å²) in [4.78, 5) is 9.97. The second kappa shape index (κ2) is 3.53. The number of aryl methyl sites for hydroxylation is 1. The molecule has 0 aliphatic carbocycles. The Morgan fingerprint density at radius 3 is 2.67 bits per heavy atom. The average Bonchev–Trinajstić information content (AvgIpc) is 2.03. The summed E-state index contributed by atoms with van der Waals surface area (Å²) in [6.45, 7) is 1.81. The molecule has 0 aliphatic heterocycles. The number of nitrogens with one attached hydrogen (secondary N) is 1. The van der Waals surface area contributed by atoms with Gasteiger partial charge < -0.3 is 4.34 Å². The van der Waals surface area contributed by atoms with Crippen LogP contribution in [0.15, 0.2) is 18.2 Å². The van der Waals surface area contributed by atoms with E-state index in [2.05, 4.69) is 20.5 Å². The molecule has 0 aliphatic rings. The molecule has 0 spiro atoms. The summed E-state index contributed by atoms with van der Waals surface area (Å²) in [5, 5.41) is 10.4. The highest BCUT2D eigenvalue weighted by Crippen LogP contribution is 2.20. The van der Waals surface area contributed by atoms with Crippen molar-refractivity contribution in [1.82, 2.24) is 0 Å². The zero-order valence-electron chi connectivity index (χ0n) is 6.37. The van der Waals surface area contributed by atoms with Crippen LogP contribution in [0.3, 0.4) is 0 Å². The maximum absolute atomic E-state index is 10.4. The summed E-state index contributed by atoms with van der Waals surface area (Å²) in [7, 11) is 0. The lowest BCUT2D eigenvalue weighted by atomic mass is 10.2. The average molecular weight is 231 g/mol. The minimum absolute atomic E-state index is 0.0944. The number of benzene rings is 1. The molecule has 0 fully saturated rings. The maximum atomic E-state index is 10.4. The molecular formula is C7H7BrN2O2. The molecule has 1 aromatic carbocycles. The summed E-state index contributed by atoms with van der Waals surface area (Å²) in [6.07, 6.45) is 0. The van der Waals surface area contributed by atoms with E-state index in [1.807, 2.05) is 6.07 Å². The summed E-state index contributed by atoms with van der Waals surface area (Å²) in [6, 6.07) is 4.79. The molecule has 12 heavy (non-hydrogen) atoms. The number of nitro benzene ring substituents is 1. The van der Waals surface area contributed by atoms with Crippen molar-refractivity contribution in [2.45, 2.75) is 6.92 Å². The van der Waals surface area contributed by atoms with Gasteiger partial charge in [-0.1, -0.05) is 0 Å². The highest BCUT2D eigenvalue weighted by molar-refractivity contribution is 9.10. The fourth-order valence-corrected chi connectivity index (χ4v) is 1.15. The van der Waals surface area contributed by atoms with Crippen LogP contribution in [0.25, 0.3) is 0 Å². The monoisotopic (exact) mass is 230 g/mol. The van der Waals surface area contributed by atoms with Crippen LogP contribution < -0.4 is 4.34 Å². The predicted octanol–water partition coefficient (Wildman–Crippen LogP) is 2.63. The third-order valence-corrected chi connectivity index (χ3v) is 1.84. The Balaban J connectivity index is 3.15. The molecule has 0 bridgehead atoms. The maximum Gasteiger partial charge on any atom is 0.271 e. The van der Waals surface area contributed by atoms with Gasteiger partial charge in [-0.25, -0.2) is 0 Å². The molecule has 0 saturated heterocycles. The largest absolute Gasteiger partial charge is 0.322 e. The van der Waals surface area contributed by atoms with Crippen LogP contribution in [0.2, 0.25) is 0 Å². The number of nitro groups is 1. The van der Waals surface area contributed by atoms with E-state index in [-0.39, 0.29) is 5.69 Å². The van der Waals surface area contributed by atoms with Crippen molar-refractivity contribution in [3.8, 4) is 0 Å². The molecule has 0 saturated carbocycles. The van der Waals surface area contributed by atoms with Crippen LogP contribution in [0, 0.1) is 17.0 Å². The molecule has 4 nitrogen and oxygen atoms in total. The second-order valence-electron chi connectivity index (χ2n) is 2.41. The normalized spacial score (nSPS) is 9.50. The summed E-state index contributed by atoms with van der Waals surface area (Å²) in [5.74, 6) is 0. The van der Waals surface area contributed by atoms with Crippen molar-refractivity contribution < 1.29 is 4.92 Å². The first kappa shape index (κ1) is 8.99. The van der Waals surface area contributed by atoms with E-state index < -0.39 is 4.92 Å². The lowest BCUT2D eigenvalue weighted by Crippen LogP contribution is -1.90. The molecular weight excluding hydrogens is 224 g/mol. The van der Waals surface area contributed by atoms with E-state index in [0.29, 0.717) is 5.69 Å². The zero-order valence-corrected chi connectivity index (χ0v) is 7.96. The molecule has 0 heterocycles. The van der Waals surface area contributed by atoms with Crippen LogP contribution in [-0.2, 0) is 0 Å². The number of hydrogen-bond donors (Lipinski definition) is 1. The van der Waals surface area contributed by atoms with Gasteiger partial charge in [-0.15, -0.1) is 0 Å². The first-order chi connectivity index (χ1) is 5.63. The van der Waals surface area contributed by atoms with Gasteiger partial charge in [-0.3, -0.25) is 10.1 Å². The number of non-ortho nitro benzene ring substituents is 1. The van der Waals surface area contributed by atoms with Crippen molar-refractivity contribution in [2.24, 2.45) is 0 Å². The van der Waals surface area contributed by atoms with Gasteiger partial charge in [-0.05, 0) is 18.6 Å². The highest BCUT2D eigenvalue weighted by Gasteiger charge is 2.06. The van der Waals surface area contributed by atoms with Crippen LogP contribution in [0.1, 0.15) is 5.56 Å². The molecule has 64 valence electrons. The summed E-state index contributed by atoms with van der Waals surface area (Å²) in [5.41, 5.74) is 1.63. The molecule has 0 atom stereocenters. The first-order valence-electron chi connectivity index (χ1n) is 3.26. The molecule has 0 amide bonds. The van der Waals surface area contributed by atoms with Gasteiger partial charge >= 0.3 is 0 Å². The Morgan fingerprint density at radius 2 is 2.17 bits per heavy atom. The SMILES string of the molecule is Cc1cc(NBr)cc([N+](=O)[O-])c1. The Kier molecular flexibility index (Phi) is 2.65. The van der Waals surface area contributed by atoms with Crippen molar-refractivity contribution >= 4 is 27.5 Å². The van der Waals surface area contributed by atoms with Crippen LogP contribution in [0.4, 0.5) is 11.4 Å². The smallest absolute Gasteiger partial charge is 0.271 e. The Morgan fingerprint density at radius 1 is 1.50 bits per heavy atom. The molecule has 1 N–H and O–H groups in total.